The second-order valence-corrected chi connectivity index (χ2v) is 26.3. The number of carboxylic acid groups (broad SMARTS) is 2. The number of thiazole rings is 6. The van der Waals surface area contributed by atoms with E-state index in [1.807, 2.05) is 35.0 Å². The largest absolute Gasteiger partial charge is 0.481 e. The third-order valence-corrected chi connectivity index (χ3v) is 19.8. The zero-order valence-electron chi connectivity index (χ0n) is 47.9. The normalized spacial score (nSPS) is 14.2. The molecule has 1 fully saturated rings. The zero-order valence-corrected chi connectivity index (χ0v) is 52.8. The average molecular weight is 1310 g/mol. The fraction of sp³-hybridized carbons (Fsp3) is 0.362. The van der Waals surface area contributed by atoms with Crippen LogP contribution >= 0.6 is 68.0 Å². The van der Waals surface area contributed by atoms with Gasteiger partial charge >= 0.3 is 11.9 Å². The highest BCUT2D eigenvalue weighted by Crippen LogP contribution is 2.40. The number of carbonyl (C=O) groups is 8. The lowest BCUT2D eigenvalue weighted by atomic mass is 9.81. The van der Waals surface area contributed by atoms with Crippen LogP contribution in [-0.4, -0.2) is 120 Å². The molecule has 1 atom stereocenters. The monoisotopic (exact) mass is 1310 g/mol. The number of aliphatic carboxylic acids is 2. The number of aryl methyl sites for hydroxylation is 3. The van der Waals surface area contributed by atoms with Gasteiger partial charge in [0.15, 0.2) is 0 Å². The number of aromatic nitrogens is 7. The Bertz CT molecular complexity index is 3830. The van der Waals surface area contributed by atoms with Gasteiger partial charge in [-0.1, -0.05) is 36.8 Å². The van der Waals surface area contributed by atoms with Gasteiger partial charge in [-0.05, 0) is 69.6 Å². The predicted molar refractivity (Wildman–Crippen MR) is 335 cm³/mol. The van der Waals surface area contributed by atoms with E-state index in [0.717, 1.165) is 40.5 Å². The van der Waals surface area contributed by atoms with E-state index in [0.29, 0.717) is 115 Å². The summed E-state index contributed by atoms with van der Waals surface area (Å²) >= 11 is 7.70. The summed E-state index contributed by atoms with van der Waals surface area (Å²) in [6.45, 7) is 1.55. The number of rotatable bonds is 29. The number of hydrogen-bond donors (Lipinski definition) is 7. The summed E-state index contributed by atoms with van der Waals surface area (Å²) in [6.07, 6.45) is 4.54. The molecule has 7 heterocycles. The third kappa shape index (κ3) is 16.5. The van der Waals surface area contributed by atoms with E-state index in [2.05, 4.69) is 43.4 Å². The molecule has 0 bridgehead atoms. The predicted octanol–water partition coefficient (Wildman–Crippen LogP) is 8.35. The molecule has 8 N–H and O–H groups in total. The van der Waals surface area contributed by atoms with Crippen molar-refractivity contribution >= 4 is 121 Å². The second kappa shape index (κ2) is 30.2. The minimum Gasteiger partial charge on any atom is -0.481 e. The number of hydrogen-bond acceptors (Lipinski definition) is 22. The standard InChI is InChI=1S/C58H61N13O11S6/c1-30-47(51(77)62-24-45-69-49(40(88-45)25-82-3)52(78)61-23-41(59)72)70-56(87-30)36(22-43(73)60-2)65-50(76)38-27-84-53(67-38)34-18-19-35(64-48(34)37-26-85-55(66-37)39-28-83-44(63-39)20-13-31-10-6-4-7-11-31)54-68-42(29-86-54)71(21-9-5-8-12-46(74)75)57(79)32-14-16-33(17-15-32)58(80)81/h4,6-7,10-11,18-19,26-29,32-33,36H,5,8-9,12-17,20-25H2,1-3H3,(H2,59,72)(H,60,73)(H,61,78)(H,62,77)(H,65,76)(H,74,75)(H,80,81)/t32?,33?,36-/m0/s1. The quantitative estimate of drug-likeness (QED) is 0.0216. The highest BCUT2D eigenvalue weighted by molar-refractivity contribution is 7.15. The summed E-state index contributed by atoms with van der Waals surface area (Å²) in [5.41, 5.74) is 9.16. The molecular weight excluding hydrogens is 1250 g/mol. The molecule has 0 unspecified atom stereocenters. The molecule has 6 amide bonds. The first-order valence-corrected chi connectivity index (χ1v) is 33.0. The summed E-state index contributed by atoms with van der Waals surface area (Å²) in [4.78, 5) is 139. The van der Waals surface area contributed by atoms with Gasteiger partial charge in [0.05, 0.1) is 53.7 Å². The Balaban J connectivity index is 0.974. The first-order valence-electron chi connectivity index (χ1n) is 27.9. The Morgan fingerprint density at radius 3 is 2.17 bits per heavy atom. The van der Waals surface area contributed by atoms with Crippen LogP contribution in [0.25, 0.3) is 43.4 Å². The average Bonchev–Trinajstić information content (AvgIpc) is 4.37. The molecule has 1 saturated carbocycles. The van der Waals surface area contributed by atoms with Gasteiger partial charge in [0.2, 0.25) is 17.7 Å². The number of anilines is 1. The molecule has 0 radical (unpaired) electrons. The Morgan fingerprint density at radius 2 is 1.43 bits per heavy atom. The Kier molecular flexibility index (Phi) is 22.1. The number of benzene rings is 1. The van der Waals surface area contributed by atoms with Crippen LogP contribution in [0.3, 0.4) is 0 Å². The fourth-order valence-corrected chi connectivity index (χ4v) is 14.8. The number of pyridine rings is 1. The molecular formula is C58H61N13O11S6. The molecule has 88 heavy (non-hydrogen) atoms. The summed E-state index contributed by atoms with van der Waals surface area (Å²) in [7, 11) is 2.91. The van der Waals surface area contributed by atoms with Crippen molar-refractivity contribution in [2.45, 2.75) is 96.7 Å². The van der Waals surface area contributed by atoms with Crippen molar-refractivity contribution in [1.82, 2.24) is 56.2 Å². The van der Waals surface area contributed by atoms with Crippen LogP contribution in [0.5, 0.6) is 0 Å². The summed E-state index contributed by atoms with van der Waals surface area (Å²) in [5, 5.41) is 40.0. The molecule has 9 rings (SSSR count). The number of methoxy groups -OCH3 is 1. The van der Waals surface area contributed by atoms with E-state index in [1.165, 1.54) is 53.7 Å². The van der Waals surface area contributed by atoms with E-state index in [4.69, 9.17) is 35.4 Å². The Labute approximate surface area is 528 Å². The van der Waals surface area contributed by atoms with Crippen molar-refractivity contribution in [1.29, 1.82) is 0 Å². The van der Waals surface area contributed by atoms with Crippen molar-refractivity contribution < 1.29 is 53.3 Å². The minimum atomic E-state index is -0.993. The van der Waals surface area contributed by atoms with Crippen molar-refractivity contribution in [3.05, 3.63) is 111 Å². The highest BCUT2D eigenvalue weighted by Gasteiger charge is 2.34. The van der Waals surface area contributed by atoms with Gasteiger partial charge in [0.25, 0.3) is 17.7 Å². The number of unbranched alkanes of at least 4 members (excludes halogenated alkanes) is 2. The van der Waals surface area contributed by atoms with Crippen LogP contribution in [-0.2, 0) is 54.7 Å². The lowest BCUT2D eigenvalue weighted by Gasteiger charge is -2.30. The van der Waals surface area contributed by atoms with Crippen LogP contribution in [0.4, 0.5) is 5.82 Å². The Hall–Kier alpha value is -8.13. The number of ether oxygens (including phenoxy) is 1. The van der Waals surface area contributed by atoms with Gasteiger partial charge in [0.1, 0.15) is 65.0 Å². The number of amides is 6. The molecule has 0 spiro atoms. The van der Waals surface area contributed by atoms with Crippen LogP contribution < -0.4 is 31.9 Å². The van der Waals surface area contributed by atoms with Crippen LogP contribution in [0.2, 0.25) is 0 Å². The van der Waals surface area contributed by atoms with Gasteiger partial charge < -0.3 is 42.0 Å². The van der Waals surface area contributed by atoms with Gasteiger partial charge in [0, 0.05) is 71.4 Å². The molecule has 0 aliphatic heterocycles. The number of carboxylic acids is 2. The maximum Gasteiger partial charge on any atom is 0.306 e. The van der Waals surface area contributed by atoms with Crippen LogP contribution in [0.1, 0.15) is 126 Å². The van der Waals surface area contributed by atoms with E-state index in [9.17, 15) is 48.6 Å². The number of nitrogens with one attached hydrogen (secondary N) is 4. The maximum atomic E-state index is 14.3. The van der Waals surface area contributed by atoms with Crippen molar-refractivity contribution in [3.8, 4) is 43.4 Å². The molecule has 1 aliphatic rings. The van der Waals surface area contributed by atoms with Crippen molar-refractivity contribution in [2.24, 2.45) is 17.6 Å². The number of nitrogens with two attached hydrogens (primary N) is 1. The molecule has 8 aromatic rings. The van der Waals surface area contributed by atoms with Gasteiger partial charge in [-0.3, -0.25) is 43.3 Å². The number of carbonyl (C=O) groups excluding carboxylic acids is 6. The molecule has 1 aromatic carbocycles. The third-order valence-electron chi connectivity index (χ3n) is 14.2. The first-order chi connectivity index (χ1) is 42.4. The smallest absolute Gasteiger partial charge is 0.306 e. The Morgan fingerprint density at radius 1 is 0.705 bits per heavy atom. The van der Waals surface area contributed by atoms with Crippen molar-refractivity contribution in [3.63, 3.8) is 0 Å². The molecule has 30 heteroatoms. The lowest BCUT2D eigenvalue weighted by molar-refractivity contribution is -0.144. The molecule has 460 valence electrons. The van der Waals surface area contributed by atoms with E-state index < -0.39 is 65.9 Å². The zero-order chi connectivity index (χ0) is 62.4. The van der Waals surface area contributed by atoms with Crippen molar-refractivity contribution in [2.75, 3.05) is 32.1 Å². The topological polar surface area (TPSA) is 354 Å². The maximum absolute atomic E-state index is 14.3. The number of nitrogens with zero attached hydrogens (tertiary/aromatic N) is 8. The summed E-state index contributed by atoms with van der Waals surface area (Å²) in [6, 6.07) is 12.8. The summed E-state index contributed by atoms with van der Waals surface area (Å²) < 4.78 is 5.23. The lowest BCUT2D eigenvalue weighted by Crippen LogP contribution is -2.39. The first kappa shape index (κ1) is 64.3. The molecule has 7 aromatic heterocycles. The van der Waals surface area contributed by atoms with Gasteiger partial charge in [-0.2, -0.15) is 0 Å². The molecule has 24 nitrogen and oxygen atoms in total. The SMILES string of the molecule is CNC(=O)C[C@H](NC(=O)c1csc(-c2ccc(-c3nc(N(CCCCCC(=O)O)C(=O)C4CCC(C(=O)O)CC4)cs3)nc2-c2csc(-c3csc(CCc4ccccc4)n3)n2)n1)c1nc(C(=O)NCc2nc(C(=O)NCC(N)=O)c(COC)s2)c(C)s1. The van der Waals surface area contributed by atoms with Gasteiger partial charge in [-0.25, -0.2) is 34.9 Å². The van der Waals surface area contributed by atoms with E-state index in [1.54, 1.807) is 40.0 Å². The number of primary amides is 1. The summed E-state index contributed by atoms with van der Waals surface area (Å²) in [5.74, 6) is -5.38. The molecule has 0 saturated heterocycles. The van der Waals surface area contributed by atoms with Crippen LogP contribution in [0.15, 0.2) is 64.0 Å². The second-order valence-electron chi connectivity index (χ2n) is 20.4. The minimum absolute atomic E-state index is 0.0101. The van der Waals surface area contributed by atoms with Gasteiger partial charge in [-0.15, -0.1) is 68.0 Å². The van der Waals surface area contributed by atoms with Crippen LogP contribution in [0, 0.1) is 18.8 Å². The van der Waals surface area contributed by atoms with E-state index >= 15 is 0 Å². The highest BCUT2D eigenvalue weighted by atomic mass is 32.1. The van der Waals surface area contributed by atoms with E-state index in [-0.39, 0.29) is 54.0 Å². The molecule has 1 aliphatic carbocycles. The fourth-order valence-electron chi connectivity index (χ4n) is 9.61.